The van der Waals surface area contributed by atoms with Crippen LogP contribution in [0.3, 0.4) is 0 Å². The number of benzene rings is 2. The van der Waals surface area contributed by atoms with E-state index in [1.165, 1.54) is 34.8 Å². The van der Waals surface area contributed by atoms with Crippen molar-refractivity contribution in [2.24, 2.45) is 0 Å². The van der Waals surface area contributed by atoms with Crippen LogP contribution >= 0.6 is 23.1 Å². The molecule has 33 heavy (non-hydrogen) atoms. The van der Waals surface area contributed by atoms with Crippen LogP contribution in [0.1, 0.15) is 11.1 Å². The molecular weight excluding hydrogens is 460 g/mol. The first kappa shape index (κ1) is 22.8. The van der Waals surface area contributed by atoms with E-state index in [0.29, 0.717) is 26.2 Å². The van der Waals surface area contributed by atoms with E-state index >= 15 is 0 Å². The average Bonchev–Trinajstić information content (AvgIpc) is 3.24. The van der Waals surface area contributed by atoms with Gasteiger partial charge in [-0.15, -0.1) is 11.3 Å². The summed E-state index contributed by atoms with van der Waals surface area (Å²) in [4.78, 5) is 44.1. The number of thioether (sulfide) groups is 1. The lowest BCUT2D eigenvalue weighted by molar-refractivity contribution is -0.116. The van der Waals surface area contributed by atoms with E-state index < -0.39 is 17.2 Å². The van der Waals surface area contributed by atoms with Crippen LogP contribution in [0.5, 0.6) is 5.75 Å². The SMILES string of the molecule is COc1ccccc1-n1c(=O)c2sc(SC)nc2n(CC(=O)Nc2ccc(C)c(C)c2)c1=O. The highest BCUT2D eigenvalue weighted by Gasteiger charge is 2.22. The van der Waals surface area contributed by atoms with Gasteiger partial charge in [-0.2, -0.15) is 0 Å². The monoisotopic (exact) mass is 482 g/mol. The summed E-state index contributed by atoms with van der Waals surface area (Å²) in [5, 5.41) is 2.83. The molecule has 0 spiro atoms. The molecule has 8 nitrogen and oxygen atoms in total. The van der Waals surface area contributed by atoms with Crippen molar-refractivity contribution in [2.45, 2.75) is 24.7 Å². The minimum absolute atomic E-state index is 0.195. The van der Waals surface area contributed by atoms with Crippen molar-refractivity contribution in [2.75, 3.05) is 18.7 Å². The van der Waals surface area contributed by atoms with Gasteiger partial charge in [0, 0.05) is 5.69 Å². The summed E-state index contributed by atoms with van der Waals surface area (Å²) in [5.74, 6) is -0.0256. The topological polar surface area (TPSA) is 95.2 Å². The molecule has 170 valence electrons. The number of carbonyl (C=O) groups excluding carboxylic acids is 1. The molecule has 2 aromatic heterocycles. The molecule has 2 heterocycles. The Kier molecular flexibility index (Phi) is 6.39. The number of hydrogen-bond donors (Lipinski definition) is 1. The molecule has 0 unspecified atom stereocenters. The zero-order valence-electron chi connectivity index (χ0n) is 18.5. The molecule has 0 atom stereocenters. The van der Waals surface area contributed by atoms with Gasteiger partial charge in [-0.05, 0) is 55.5 Å². The summed E-state index contributed by atoms with van der Waals surface area (Å²) < 4.78 is 8.55. The summed E-state index contributed by atoms with van der Waals surface area (Å²) in [5.41, 5.74) is 2.13. The van der Waals surface area contributed by atoms with E-state index in [1.807, 2.05) is 38.3 Å². The highest BCUT2D eigenvalue weighted by Crippen LogP contribution is 2.26. The van der Waals surface area contributed by atoms with Crippen LogP contribution in [0.15, 0.2) is 56.4 Å². The molecule has 10 heteroatoms. The number of thiazole rings is 1. The molecule has 0 aliphatic heterocycles. The molecular formula is C23H22N4O4S2. The number of methoxy groups -OCH3 is 1. The smallest absolute Gasteiger partial charge is 0.337 e. The number of rotatable bonds is 6. The number of nitrogens with one attached hydrogen (secondary N) is 1. The molecule has 4 aromatic rings. The molecule has 1 N–H and O–H groups in total. The summed E-state index contributed by atoms with van der Waals surface area (Å²) in [6.07, 6.45) is 1.84. The zero-order valence-corrected chi connectivity index (χ0v) is 20.2. The Morgan fingerprint density at radius 1 is 1.15 bits per heavy atom. The standard InChI is InChI=1S/C23H22N4O4S2/c1-13-9-10-15(11-14(13)2)24-18(28)12-26-20-19(33-22(25-20)32-4)21(29)27(23(26)30)16-7-5-6-8-17(16)31-3/h5-11H,12H2,1-4H3,(H,24,28). The number of anilines is 1. The van der Waals surface area contributed by atoms with Crippen molar-refractivity contribution in [3.8, 4) is 11.4 Å². The lowest BCUT2D eigenvalue weighted by atomic mass is 10.1. The molecule has 0 saturated carbocycles. The van der Waals surface area contributed by atoms with Gasteiger partial charge < -0.3 is 10.1 Å². The molecule has 4 rings (SSSR count). The molecule has 0 aliphatic carbocycles. The lowest BCUT2D eigenvalue weighted by Gasteiger charge is -2.14. The first-order valence-corrected chi connectivity index (χ1v) is 12.1. The number of aromatic nitrogens is 3. The predicted molar refractivity (Wildman–Crippen MR) is 132 cm³/mol. The minimum atomic E-state index is -0.662. The first-order chi connectivity index (χ1) is 15.8. The van der Waals surface area contributed by atoms with E-state index in [9.17, 15) is 14.4 Å². The maximum atomic E-state index is 13.5. The molecule has 0 saturated heterocycles. The molecule has 2 aromatic carbocycles. The number of ether oxygens (including phenoxy) is 1. The van der Waals surface area contributed by atoms with Crippen LogP contribution in [0, 0.1) is 13.8 Å². The van der Waals surface area contributed by atoms with Crippen molar-refractivity contribution in [3.05, 3.63) is 74.4 Å². The Morgan fingerprint density at radius 3 is 2.61 bits per heavy atom. The molecule has 0 bridgehead atoms. The summed E-state index contributed by atoms with van der Waals surface area (Å²) in [7, 11) is 1.47. The number of para-hydroxylation sites is 2. The van der Waals surface area contributed by atoms with Gasteiger partial charge in [0.25, 0.3) is 5.56 Å². The average molecular weight is 483 g/mol. The second kappa shape index (κ2) is 9.24. The molecule has 0 fully saturated rings. The van der Waals surface area contributed by atoms with Crippen molar-refractivity contribution in [1.82, 2.24) is 14.1 Å². The molecule has 1 amide bonds. The van der Waals surface area contributed by atoms with Gasteiger partial charge in [0.05, 0.1) is 12.8 Å². The third-order valence-electron chi connectivity index (χ3n) is 5.26. The van der Waals surface area contributed by atoms with Crippen molar-refractivity contribution < 1.29 is 9.53 Å². The molecule has 0 aliphatic rings. The van der Waals surface area contributed by atoms with Gasteiger partial charge >= 0.3 is 5.69 Å². The maximum absolute atomic E-state index is 13.5. The number of hydrogen-bond acceptors (Lipinski definition) is 7. The van der Waals surface area contributed by atoms with Gasteiger partial charge in [0.15, 0.2) is 9.99 Å². The lowest BCUT2D eigenvalue weighted by Crippen LogP contribution is -2.40. The highest BCUT2D eigenvalue weighted by atomic mass is 32.2. The fraction of sp³-hybridized carbons (Fsp3) is 0.217. The van der Waals surface area contributed by atoms with Crippen LogP contribution in [-0.4, -0.2) is 33.4 Å². The number of nitrogens with zero attached hydrogens (tertiary/aromatic N) is 3. The number of aryl methyl sites for hydroxylation is 2. The summed E-state index contributed by atoms with van der Waals surface area (Å²) >= 11 is 2.56. The predicted octanol–water partition coefficient (Wildman–Crippen LogP) is 3.59. The third kappa shape index (κ3) is 4.31. The van der Waals surface area contributed by atoms with Gasteiger partial charge in [-0.25, -0.2) is 14.3 Å². The summed E-state index contributed by atoms with van der Waals surface area (Å²) in [6.45, 7) is 3.65. The van der Waals surface area contributed by atoms with Crippen molar-refractivity contribution in [3.63, 3.8) is 0 Å². The largest absolute Gasteiger partial charge is 0.495 e. The first-order valence-electron chi connectivity index (χ1n) is 10.0. The Balaban J connectivity index is 1.85. The highest BCUT2D eigenvalue weighted by molar-refractivity contribution is 8.00. The minimum Gasteiger partial charge on any atom is -0.495 e. The van der Waals surface area contributed by atoms with Gasteiger partial charge in [-0.3, -0.25) is 14.2 Å². The Labute approximate surface area is 197 Å². The second-order valence-electron chi connectivity index (χ2n) is 7.36. The van der Waals surface area contributed by atoms with Crippen LogP contribution in [-0.2, 0) is 11.3 Å². The van der Waals surface area contributed by atoms with Crippen LogP contribution in [0.2, 0.25) is 0 Å². The quantitative estimate of drug-likeness (QED) is 0.422. The third-order valence-corrected chi connectivity index (χ3v) is 7.28. The van der Waals surface area contributed by atoms with Crippen LogP contribution in [0.25, 0.3) is 16.0 Å². The normalized spacial score (nSPS) is 11.0. The summed E-state index contributed by atoms with van der Waals surface area (Å²) in [6, 6.07) is 12.4. The Hall–Kier alpha value is -3.37. The fourth-order valence-corrected chi connectivity index (χ4v) is 4.93. The van der Waals surface area contributed by atoms with Gasteiger partial charge in [0.1, 0.15) is 17.0 Å². The van der Waals surface area contributed by atoms with Crippen LogP contribution in [0.4, 0.5) is 5.69 Å². The fourth-order valence-electron chi connectivity index (χ4n) is 3.44. The molecule has 0 radical (unpaired) electrons. The van der Waals surface area contributed by atoms with Crippen LogP contribution < -0.4 is 21.3 Å². The van der Waals surface area contributed by atoms with Crippen molar-refractivity contribution in [1.29, 1.82) is 0 Å². The number of fused-ring (bicyclic) bond motifs is 1. The van der Waals surface area contributed by atoms with E-state index in [2.05, 4.69) is 10.3 Å². The number of carbonyl (C=O) groups is 1. The van der Waals surface area contributed by atoms with Gasteiger partial charge in [0.2, 0.25) is 5.91 Å². The van der Waals surface area contributed by atoms with E-state index in [1.54, 1.807) is 24.3 Å². The van der Waals surface area contributed by atoms with E-state index in [0.717, 1.165) is 15.7 Å². The second-order valence-corrected chi connectivity index (χ2v) is 9.42. The zero-order chi connectivity index (χ0) is 23.7. The Bertz CT molecular complexity index is 1490. The van der Waals surface area contributed by atoms with E-state index in [-0.39, 0.29) is 12.2 Å². The number of amides is 1. The van der Waals surface area contributed by atoms with Gasteiger partial charge in [-0.1, -0.05) is 30.0 Å². The van der Waals surface area contributed by atoms with Crippen molar-refractivity contribution >= 4 is 45.0 Å². The Morgan fingerprint density at radius 2 is 1.91 bits per heavy atom. The maximum Gasteiger partial charge on any atom is 0.337 e. The van der Waals surface area contributed by atoms with E-state index in [4.69, 9.17) is 4.74 Å².